The lowest BCUT2D eigenvalue weighted by molar-refractivity contribution is -0.146. The third kappa shape index (κ3) is 3.80. The fraction of sp³-hybridized carbons (Fsp3) is 0.333. The highest BCUT2D eigenvalue weighted by Gasteiger charge is 2.35. The Morgan fingerprint density at radius 2 is 2.10 bits per heavy atom. The third-order valence-corrected chi connectivity index (χ3v) is 6.19. The molecule has 4 rings (SSSR count). The van der Waals surface area contributed by atoms with Gasteiger partial charge in [0.05, 0.1) is 33.7 Å². The lowest BCUT2D eigenvalue weighted by Crippen LogP contribution is -2.46. The number of anilines is 2. The van der Waals surface area contributed by atoms with E-state index in [0.29, 0.717) is 24.0 Å². The number of nitrogen functional groups attached to an aromatic ring is 1. The van der Waals surface area contributed by atoms with Crippen molar-refractivity contribution in [1.82, 2.24) is 14.9 Å². The number of para-hydroxylation sites is 1. The smallest absolute Gasteiger partial charge is 0.313 e. The Morgan fingerprint density at radius 1 is 1.28 bits per heavy atom. The monoisotopic (exact) mass is 409 g/mol. The van der Waals surface area contributed by atoms with Gasteiger partial charge in [-0.1, -0.05) is 19.1 Å². The number of nitrogens with one attached hydrogen (secondary N) is 1. The van der Waals surface area contributed by atoms with Crippen molar-refractivity contribution in [3.8, 4) is 0 Å². The van der Waals surface area contributed by atoms with Crippen LogP contribution in [-0.4, -0.2) is 33.2 Å². The van der Waals surface area contributed by atoms with Crippen molar-refractivity contribution >= 4 is 44.9 Å². The van der Waals surface area contributed by atoms with Crippen molar-refractivity contribution in [3.63, 3.8) is 0 Å². The number of carbonyl (C=O) groups excluding carboxylic acids is 2. The Hall–Kier alpha value is -3.00. The largest absolute Gasteiger partial charge is 0.383 e. The predicted octanol–water partition coefficient (Wildman–Crippen LogP) is 3.52. The number of benzene rings is 1. The van der Waals surface area contributed by atoms with Crippen LogP contribution in [0.5, 0.6) is 0 Å². The van der Waals surface area contributed by atoms with E-state index in [0.717, 1.165) is 34.2 Å². The summed E-state index contributed by atoms with van der Waals surface area (Å²) in [7, 11) is 0. The minimum absolute atomic E-state index is 0.165. The number of hydrogen-bond acceptors (Lipinski definition) is 6. The Labute approximate surface area is 173 Å². The number of aryl methyl sites for hydroxylation is 1. The molecule has 1 aliphatic rings. The van der Waals surface area contributed by atoms with Crippen molar-refractivity contribution in [3.05, 3.63) is 47.1 Å². The van der Waals surface area contributed by atoms with E-state index in [1.807, 2.05) is 23.7 Å². The first-order chi connectivity index (χ1) is 13.9. The summed E-state index contributed by atoms with van der Waals surface area (Å²) >= 11 is 1.58. The van der Waals surface area contributed by atoms with Gasteiger partial charge in [0.15, 0.2) is 0 Å². The van der Waals surface area contributed by atoms with Gasteiger partial charge in [-0.15, -0.1) is 11.3 Å². The number of carbonyl (C=O) groups is 2. The number of nitrogens with two attached hydrogens (primary N) is 1. The molecule has 7 nitrogen and oxygen atoms in total. The Kier molecular flexibility index (Phi) is 5.19. The van der Waals surface area contributed by atoms with Crippen molar-refractivity contribution in [2.24, 2.45) is 5.92 Å². The van der Waals surface area contributed by atoms with E-state index in [2.05, 4.69) is 22.2 Å². The lowest BCUT2D eigenvalue weighted by atomic mass is 9.89. The molecule has 0 spiro atoms. The first-order valence-electron chi connectivity index (χ1n) is 9.60. The van der Waals surface area contributed by atoms with E-state index < -0.39 is 11.8 Å². The Balaban J connectivity index is 1.61. The predicted molar refractivity (Wildman–Crippen MR) is 114 cm³/mol. The maximum atomic E-state index is 13.1. The molecule has 0 radical (unpaired) electrons. The van der Waals surface area contributed by atoms with Crippen molar-refractivity contribution < 1.29 is 9.59 Å². The fourth-order valence-corrected chi connectivity index (χ4v) is 4.56. The van der Waals surface area contributed by atoms with Gasteiger partial charge in [-0.2, -0.15) is 0 Å². The summed E-state index contributed by atoms with van der Waals surface area (Å²) in [5.74, 6) is -0.475. The number of likely N-dealkylation sites (tertiary alicyclic amines) is 1. The highest BCUT2D eigenvalue weighted by molar-refractivity contribution is 7.16. The van der Waals surface area contributed by atoms with Crippen molar-refractivity contribution in [1.29, 1.82) is 0 Å². The molecular formula is C21H23N5O2S. The molecule has 29 heavy (non-hydrogen) atoms. The molecule has 8 heteroatoms. The summed E-state index contributed by atoms with van der Waals surface area (Å²) < 4.78 is 1.08. The van der Waals surface area contributed by atoms with E-state index in [9.17, 15) is 9.59 Å². The van der Waals surface area contributed by atoms with Gasteiger partial charge >= 0.3 is 11.8 Å². The number of thiazole rings is 1. The quantitative estimate of drug-likeness (QED) is 0.631. The molecule has 1 aromatic carbocycles. The van der Waals surface area contributed by atoms with Gasteiger partial charge in [-0.05, 0) is 43.4 Å². The molecule has 0 saturated carbocycles. The number of pyridine rings is 1. The number of rotatable bonds is 2. The Morgan fingerprint density at radius 3 is 2.90 bits per heavy atom. The number of fused-ring (bicyclic) bond motifs is 1. The van der Waals surface area contributed by atoms with Crippen LogP contribution in [0.2, 0.25) is 0 Å². The first-order valence-corrected chi connectivity index (χ1v) is 10.5. The molecule has 2 amide bonds. The molecular weight excluding hydrogens is 386 g/mol. The number of nitrogens with zero attached hydrogens (tertiary/aromatic N) is 3. The van der Waals surface area contributed by atoms with Crippen LogP contribution in [0.25, 0.3) is 10.2 Å². The summed E-state index contributed by atoms with van der Waals surface area (Å²) in [6.45, 7) is 4.44. The summed E-state index contributed by atoms with van der Waals surface area (Å²) in [5.41, 5.74) is 10.7. The maximum Gasteiger partial charge on any atom is 0.313 e. The van der Waals surface area contributed by atoms with Gasteiger partial charge in [0, 0.05) is 12.1 Å². The van der Waals surface area contributed by atoms with E-state index >= 15 is 0 Å². The fourth-order valence-electron chi connectivity index (χ4n) is 3.85. The van der Waals surface area contributed by atoms with Crippen LogP contribution < -0.4 is 11.1 Å². The van der Waals surface area contributed by atoms with Crippen LogP contribution >= 0.6 is 11.3 Å². The zero-order valence-electron chi connectivity index (χ0n) is 16.4. The highest BCUT2D eigenvalue weighted by atomic mass is 32.1. The van der Waals surface area contributed by atoms with Gasteiger partial charge in [-0.25, -0.2) is 9.97 Å². The average molecular weight is 410 g/mol. The van der Waals surface area contributed by atoms with E-state index in [1.165, 1.54) is 6.20 Å². The zero-order valence-corrected chi connectivity index (χ0v) is 17.2. The number of amides is 2. The second kappa shape index (κ2) is 7.79. The van der Waals surface area contributed by atoms with Crippen LogP contribution in [0.1, 0.15) is 36.9 Å². The SMILES string of the molecule is Cc1cc(NC(=O)C(=O)N2C[C@H](C)CC[C@H]2c2cccc3scnc23)cnc1N. The topological polar surface area (TPSA) is 101 Å². The van der Waals surface area contributed by atoms with Crippen molar-refractivity contribution in [2.75, 3.05) is 17.6 Å². The third-order valence-electron chi connectivity index (χ3n) is 5.40. The summed E-state index contributed by atoms with van der Waals surface area (Å²) in [6, 6.07) is 7.56. The zero-order chi connectivity index (χ0) is 20.5. The lowest BCUT2D eigenvalue weighted by Gasteiger charge is -2.38. The second-order valence-corrected chi connectivity index (χ2v) is 8.47. The van der Waals surface area contributed by atoms with Crippen LogP contribution in [0.15, 0.2) is 36.0 Å². The van der Waals surface area contributed by atoms with Gasteiger partial charge < -0.3 is 16.0 Å². The minimum Gasteiger partial charge on any atom is -0.383 e. The standard InChI is InChI=1S/C21H23N5O2S/c1-12-6-7-16(15-4-3-5-17-18(15)24-11-29-17)26(10-12)21(28)20(27)25-14-8-13(2)19(22)23-9-14/h3-5,8-9,11-12,16H,6-7,10H2,1-2H3,(H2,22,23)(H,25,27)/t12-,16+/m1/s1. The summed E-state index contributed by atoms with van der Waals surface area (Å²) in [6.07, 6.45) is 3.26. The van der Waals surface area contributed by atoms with Gasteiger partial charge in [-0.3, -0.25) is 9.59 Å². The molecule has 3 N–H and O–H groups in total. The van der Waals surface area contributed by atoms with Crippen LogP contribution in [0.3, 0.4) is 0 Å². The van der Waals surface area contributed by atoms with Crippen LogP contribution in [-0.2, 0) is 9.59 Å². The van der Waals surface area contributed by atoms with Gasteiger partial charge in [0.2, 0.25) is 0 Å². The molecule has 1 fully saturated rings. The molecule has 0 aliphatic carbocycles. The highest BCUT2D eigenvalue weighted by Crippen LogP contribution is 2.37. The van der Waals surface area contributed by atoms with Crippen molar-refractivity contribution in [2.45, 2.75) is 32.7 Å². The number of piperidine rings is 1. The molecule has 0 bridgehead atoms. The molecule has 2 atom stereocenters. The van der Waals surface area contributed by atoms with E-state index in [4.69, 9.17) is 5.73 Å². The van der Waals surface area contributed by atoms with Crippen LogP contribution in [0, 0.1) is 12.8 Å². The molecule has 3 heterocycles. The molecule has 3 aromatic rings. The summed E-state index contributed by atoms with van der Waals surface area (Å²) in [5, 5.41) is 2.66. The van der Waals surface area contributed by atoms with Gasteiger partial charge in [0.25, 0.3) is 0 Å². The number of hydrogen-bond donors (Lipinski definition) is 2. The molecule has 150 valence electrons. The molecule has 1 saturated heterocycles. The average Bonchev–Trinajstić information content (AvgIpc) is 3.19. The summed E-state index contributed by atoms with van der Waals surface area (Å²) in [4.78, 5) is 36.1. The molecule has 0 unspecified atom stereocenters. The van der Waals surface area contributed by atoms with Crippen LogP contribution in [0.4, 0.5) is 11.5 Å². The molecule has 1 aliphatic heterocycles. The first kappa shape index (κ1) is 19.3. The molecule has 2 aromatic heterocycles. The van der Waals surface area contributed by atoms with E-state index in [-0.39, 0.29) is 6.04 Å². The van der Waals surface area contributed by atoms with E-state index in [1.54, 1.807) is 29.2 Å². The maximum absolute atomic E-state index is 13.1. The number of aromatic nitrogens is 2. The van der Waals surface area contributed by atoms with Gasteiger partial charge in [0.1, 0.15) is 5.82 Å². The second-order valence-electron chi connectivity index (χ2n) is 7.58. The normalized spacial score (nSPS) is 19.3. The minimum atomic E-state index is -0.666. The Bertz CT molecular complexity index is 1080.